The van der Waals surface area contributed by atoms with Gasteiger partial charge in [-0.05, 0) is 34.1 Å². The lowest BCUT2D eigenvalue weighted by molar-refractivity contribution is 0.631. The van der Waals surface area contributed by atoms with Crippen LogP contribution in [-0.4, -0.2) is 9.97 Å². The number of hydrogen-bond acceptors (Lipinski definition) is 6. The van der Waals surface area contributed by atoms with Crippen LogP contribution in [-0.2, 0) is 0 Å². The Kier molecular flexibility index (Phi) is 3.89. The molecule has 1 aromatic heterocycles. The van der Waals surface area contributed by atoms with Crippen molar-refractivity contribution in [3.8, 4) is 6.07 Å². The number of benzene rings is 1. The molecule has 0 aliphatic rings. The molecule has 0 unspecified atom stereocenters. The molecule has 19 heavy (non-hydrogen) atoms. The van der Waals surface area contributed by atoms with E-state index in [-0.39, 0.29) is 17.2 Å². The van der Waals surface area contributed by atoms with E-state index in [1.807, 2.05) is 6.07 Å². The Bertz CT molecular complexity index is 654. The fraction of sp³-hybridized carbons (Fsp3) is 0. The van der Waals surface area contributed by atoms with Gasteiger partial charge in [0.2, 0.25) is 5.95 Å². The molecule has 1 aromatic carbocycles. The molecular formula is C11H8BrFN6. The average Bonchev–Trinajstić information content (AvgIpc) is 2.43. The summed E-state index contributed by atoms with van der Waals surface area (Å²) in [5, 5.41) is 11.5. The summed E-state index contributed by atoms with van der Waals surface area (Å²) in [6.07, 6.45) is 1.48. The largest absolute Gasteiger partial charge is 0.337 e. The van der Waals surface area contributed by atoms with Crippen molar-refractivity contribution in [2.75, 3.05) is 10.7 Å². The monoisotopic (exact) mass is 322 g/mol. The number of nitriles is 1. The van der Waals surface area contributed by atoms with Gasteiger partial charge in [0, 0.05) is 6.20 Å². The van der Waals surface area contributed by atoms with E-state index >= 15 is 0 Å². The molecule has 8 heteroatoms. The third-order valence-electron chi connectivity index (χ3n) is 2.22. The van der Waals surface area contributed by atoms with E-state index in [2.05, 4.69) is 36.6 Å². The van der Waals surface area contributed by atoms with Crippen LogP contribution in [0.3, 0.4) is 0 Å². The number of halogens is 2. The molecule has 6 nitrogen and oxygen atoms in total. The Morgan fingerprint density at radius 2 is 2.21 bits per heavy atom. The van der Waals surface area contributed by atoms with Gasteiger partial charge in [-0.25, -0.2) is 15.2 Å². The number of nitrogens with zero attached hydrogens (tertiary/aromatic N) is 3. The number of aromatic nitrogens is 2. The summed E-state index contributed by atoms with van der Waals surface area (Å²) >= 11 is 3.24. The standard InChI is InChI=1S/C11H8BrFN6/c12-7-5-16-11(19-15)18-10(7)17-9-2-1-6(4-14)3-8(9)13/h1-3,5H,15H2,(H2,16,17,18,19). The Morgan fingerprint density at radius 1 is 1.42 bits per heavy atom. The number of anilines is 3. The molecule has 0 amide bonds. The van der Waals surface area contributed by atoms with Crippen molar-refractivity contribution in [1.29, 1.82) is 5.26 Å². The van der Waals surface area contributed by atoms with E-state index in [1.54, 1.807) is 0 Å². The van der Waals surface area contributed by atoms with Crippen molar-refractivity contribution in [3.05, 3.63) is 40.2 Å². The number of hydrazine groups is 1. The molecule has 0 spiro atoms. The predicted molar refractivity (Wildman–Crippen MR) is 71.9 cm³/mol. The van der Waals surface area contributed by atoms with Crippen LogP contribution in [0.2, 0.25) is 0 Å². The van der Waals surface area contributed by atoms with Crippen LogP contribution in [0.15, 0.2) is 28.9 Å². The van der Waals surface area contributed by atoms with Gasteiger partial charge in [0.05, 0.1) is 21.8 Å². The molecule has 96 valence electrons. The molecule has 4 N–H and O–H groups in total. The Labute approximate surface area is 116 Å². The van der Waals surface area contributed by atoms with Crippen LogP contribution >= 0.6 is 15.9 Å². The molecule has 0 radical (unpaired) electrons. The van der Waals surface area contributed by atoms with Gasteiger partial charge in [-0.15, -0.1) is 0 Å². The second-order valence-corrected chi connectivity index (χ2v) is 4.32. The number of hydrogen-bond donors (Lipinski definition) is 3. The predicted octanol–water partition coefficient (Wildman–Crippen LogP) is 2.28. The third-order valence-corrected chi connectivity index (χ3v) is 2.80. The third kappa shape index (κ3) is 2.96. The SMILES string of the molecule is N#Cc1ccc(Nc2nc(NN)ncc2Br)c(F)c1. The normalized spacial score (nSPS) is 9.79. The minimum Gasteiger partial charge on any atom is -0.337 e. The number of nitrogen functional groups attached to an aromatic ring is 1. The van der Waals surface area contributed by atoms with Crippen molar-refractivity contribution >= 4 is 33.4 Å². The van der Waals surface area contributed by atoms with Crippen LogP contribution in [0.1, 0.15) is 5.56 Å². The van der Waals surface area contributed by atoms with E-state index in [4.69, 9.17) is 11.1 Å². The molecule has 0 aliphatic carbocycles. The summed E-state index contributed by atoms with van der Waals surface area (Å²) in [5.74, 6) is 5.20. The van der Waals surface area contributed by atoms with Gasteiger partial charge < -0.3 is 5.32 Å². The van der Waals surface area contributed by atoms with E-state index in [1.165, 1.54) is 18.3 Å². The van der Waals surface area contributed by atoms with E-state index in [0.717, 1.165) is 6.07 Å². The summed E-state index contributed by atoms with van der Waals surface area (Å²) in [7, 11) is 0. The van der Waals surface area contributed by atoms with Gasteiger partial charge in [-0.3, -0.25) is 5.43 Å². The van der Waals surface area contributed by atoms with Crippen LogP contribution in [0.4, 0.5) is 21.8 Å². The topological polar surface area (TPSA) is 99.7 Å². The average molecular weight is 323 g/mol. The van der Waals surface area contributed by atoms with E-state index in [9.17, 15) is 4.39 Å². The van der Waals surface area contributed by atoms with Gasteiger partial charge in [-0.1, -0.05) is 0 Å². The molecule has 2 rings (SSSR count). The van der Waals surface area contributed by atoms with Crippen molar-refractivity contribution in [1.82, 2.24) is 9.97 Å². The maximum absolute atomic E-state index is 13.7. The first-order chi connectivity index (χ1) is 9.13. The lowest BCUT2D eigenvalue weighted by Gasteiger charge is -2.09. The molecule has 0 saturated carbocycles. The van der Waals surface area contributed by atoms with Crippen LogP contribution in [0, 0.1) is 17.1 Å². The molecular weight excluding hydrogens is 315 g/mol. The smallest absolute Gasteiger partial charge is 0.239 e. The van der Waals surface area contributed by atoms with Crippen molar-refractivity contribution < 1.29 is 4.39 Å². The maximum atomic E-state index is 13.7. The number of nitrogens with one attached hydrogen (secondary N) is 2. The molecule has 0 bridgehead atoms. The van der Waals surface area contributed by atoms with E-state index < -0.39 is 5.82 Å². The zero-order chi connectivity index (χ0) is 13.8. The minimum absolute atomic E-state index is 0.194. The van der Waals surface area contributed by atoms with Gasteiger partial charge in [0.15, 0.2) is 5.82 Å². The van der Waals surface area contributed by atoms with Crippen molar-refractivity contribution in [2.45, 2.75) is 0 Å². The van der Waals surface area contributed by atoms with Gasteiger partial charge in [0.25, 0.3) is 0 Å². The highest BCUT2D eigenvalue weighted by Crippen LogP contribution is 2.25. The quantitative estimate of drug-likeness (QED) is 0.592. The van der Waals surface area contributed by atoms with Crippen LogP contribution in [0.5, 0.6) is 0 Å². The Morgan fingerprint density at radius 3 is 2.84 bits per heavy atom. The first-order valence-corrected chi connectivity index (χ1v) is 5.89. The molecule has 0 saturated heterocycles. The number of nitrogens with two attached hydrogens (primary N) is 1. The zero-order valence-corrected chi connectivity index (χ0v) is 11.1. The molecule has 0 aliphatic heterocycles. The van der Waals surface area contributed by atoms with E-state index in [0.29, 0.717) is 10.3 Å². The van der Waals surface area contributed by atoms with Gasteiger partial charge in [-0.2, -0.15) is 10.2 Å². The summed E-state index contributed by atoms with van der Waals surface area (Å²) < 4.78 is 14.3. The maximum Gasteiger partial charge on any atom is 0.239 e. The molecule has 1 heterocycles. The fourth-order valence-electron chi connectivity index (χ4n) is 1.34. The zero-order valence-electron chi connectivity index (χ0n) is 9.48. The number of rotatable bonds is 3. The highest BCUT2D eigenvalue weighted by Gasteiger charge is 2.08. The highest BCUT2D eigenvalue weighted by molar-refractivity contribution is 9.10. The Balaban J connectivity index is 2.33. The summed E-state index contributed by atoms with van der Waals surface area (Å²) in [6.45, 7) is 0. The fourth-order valence-corrected chi connectivity index (χ4v) is 1.63. The molecule has 0 fully saturated rings. The van der Waals surface area contributed by atoms with Crippen LogP contribution < -0.4 is 16.6 Å². The first kappa shape index (κ1) is 13.2. The lowest BCUT2D eigenvalue weighted by atomic mass is 10.2. The highest BCUT2D eigenvalue weighted by atomic mass is 79.9. The Hall–Kier alpha value is -2.24. The summed E-state index contributed by atoms with van der Waals surface area (Å²) in [5.41, 5.74) is 2.73. The second-order valence-electron chi connectivity index (χ2n) is 3.47. The van der Waals surface area contributed by atoms with Crippen molar-refractivity contribution in [2.24, 2.45) is 5.84 Å². The lowest BCUT2D eigenvalue weighted by Crippen LogP contribution is -2.11. The van der Waals surface area contributed by atoms with Gasteiger partial charge in [0.1, 0.15) is 5.82 Å². The van der Waals surface area contributed by atoms with Gasteiger partial charge >= 0.3 is 0 Å². The minimum atomic E-state index is -0.549. The van der Waals surface area contributed by atoms with Crippen LogP contribution in [0.25, 0.3) is 0 Å². The molecule has 2 aromatic rings. The first-order valence-electron chi connectivity index (χ1n) is 5.10. The molecule has 0 atom stereocenters. The second kappa shape index (κ2) is 5.60. The summed E-state index contributed by atoms with van der Waals surface area (Å²) in [6, 6.07) is 5.96. The summed E-state index contributed by atoms with van der Waals surface area (Å²) in [4.78, 5) is 7.91. The van der Waals surface area contributed by atoms with Crippen molar-refractivity contribution in [3.63, 3.8) is 0 Å².